The Morgan fingerprint density at radius 1 is 1.50 bits per heavy atom. The predicted molar refractivity (Wildman–Crippen MR) is 71.6 cm³/mol. The first-order valence-corrected chi connectivity index (χ1v) is 6.46. The topological polar surface area (TPSA) is 24.1 Å². The normalized spacial score (nSPS) is 22.8. The van der Waals surface area contributed by atoms with Crippen LogP contribution in [0.4, 0.5) is 5.69 Å². The van der Waals surface area contributed by atoms with Crippen LogP contribution in [-0.4, -0.2) is 13.6 Å². The molecule has 0 radical (unpaired) electrons. The van der Waals surface area contributed by atoms with Crippen LogP contribution in [0.5, 0.6) is 0 Å². The quantitative estimate of drug-likeness (QED) is 0.584. The zero-order chi connectivity index (χ0) is 11.4. The molecular weight excluding hydrogens is 216 g/mol. The van der Waals surface area contributed by atoms with Crippen molar-refractivity contribution in [3.63, 3.8) is 0 Å². The summed E-state index contributed by atoms with van der Waals surface area (Å²) in [6.07, 6.45) is 3.36. The lowest BCUT2D eigenvalue weighted by Crippen LogP contribution is -2.08. The molecule has 2 rings (SSSR count). The molecule has 1 aliphatic carbocycles. The van der Waals surface area contributed by atoms with Crippen LogP contribution in [0.1, 0.15) is 6.42 Å². The molecule has 2 unspecified atom stereocenters. The van der Waals surface area contributed by atoms with Crippen LogP contribution >= 0.6 is 11.9 Å². The van der Waals surface area contributed by atoms with Crippen molar-refractivity contribution in [2.75, 3.05) is 18.9 Å². The molecule has 1 fully saturated rings. The molecule has 86 valence electrons. The molecule has 2 N–H and O–H groups in total. The smallest absolute Gasteiger partial charge is 0.0489 e. The van der Waals surface area contributed by atoms with Crippen LogP contribution < -0.4 is 10.0 Å². The van der Waals surface area contributed by atoms with Crippen molar-refractivity contribution in [1.29, 1.82) is 0 Å². The van der Waals surface area contributed by atoms with Gasteiger partial charge in [0.2, 0.25) is 0 Å². The fourth-order valence-electron chi connectivity index (χ4n) is 1.78. The van der Waals surface area contributed by atoms with Crippen molar-refractivity contribution >= 4 is 17.6 Å². The molecule has 2 nitrogen and oxygen atoms in total. The van der Waals surface area contributed by atoms with Gasteiger partial charge in [0.25, 0.3) is 0 Å². The van der Waals surface area contributed by atoms with Gasteiger partial charge in [-0.3, -0.25) is 4.72 Å². The van der Waals surface area contributed by atoms with E-state index in [1.807, 2.05) is 13.1 Å². The maximum atomic E-state index is 3.82. The van der Waals surface area contributed by atoms with Gasteiger partial charge in [0.15, 0.2) is 0 Å². The number of hydrogen-bond donors (Lipinski definition) is 2. The van der Waals surface area contributed by atoms with Crippen molar-refractivity contribution in [2.24, 2.45) is 11.8 Å². The number of rotatable bonds is 6. The van der Waals surface area contributed by atoms with Gasteiger partial charge in [-0.1, -0.05) is 18.2 Å². The van der Waals surface area contributed by atoms with E-state index < -0.39 is 0 Å². The fraction of sp³-hybridized carbons (Fsp3) is 0.385. The molecule has 2 atom stereocenters. The highest BCUT2D eigenvalue weighted by atomic mass is 32.2. The Morgan fingerprint density at radius 2 is 2.31 bits per heavy atom. The Kier molecular flexibility index (Phi) is 3.91. The molecule has 0 aromatic heterocycles. The molecule has 0 bridgehead atoms. The molecule has 0 aliphatic heterocycles. The molecule has 1 aromatic carbocycles. The third-order valence-corrected chi connectivity index (χ3v) is 3.85. The third kappa shape index (κ3) is 2.80. The van der Waals surface area contributed by atoms with Crippen LogP contribution in [-0.2, 0) is 0 Å². The lowest BCUT2D eigenvalue weighted by atomic mass is 10.3. The molecule has 0 spiro atoms. The van der Waals surface area contributed by atoms with Crippen LogP contribution in [0.3, 0.4) is 0 Å². The molecule has 1 saturated carbocycles. The Hall–Kier alpha value is -0.930. The first-order chi connectivity index (χ1) is 7.85. The maximum Gasteiger partial charge on any atom is 0.0489 e. The van der Waals surface area contributed by atoms with Gasteiger partial charge in [-0.15, -0.1) is 6.58 Å². The molecule has 0 saturated heterocycles. The van der Waals surface area contributed by atoms with E-state index >= 15 is 0 Å². The average molecular weight is 234 g/mol. The standard InChI is InChI=1S/C13H18N2S/c1-3-10-8-11(10)9-15-16-13-7-5-4-6-12(13)14-2/h3-7,10-11,14-15H,1,8-9H2,2H3. The molecule has 3 heteroatoms. The van der Waals surface area contributed by atoms with E-state index in [2.05, 4.69) is 40.9 Å². The van der Waals surface area contributed by atoms with E-state index in [9.17, 15) is 0 Å². The van der Waals surface area contributed by atoms with Crippen molar-refractivity contribution in [3.8, 4) is 0 Å². The summed E-state index contributed by atoms with van der Waals surface area (Å²) in [5.41, 5.74) is 1.18. The van der Waals surface area contributed by atoms with Crippen molar-refractivity contribution in [1.82, 2.24) is 4.72 Å². The van der Waals surface area contributed by atoms with Crippen LogP contribution in [0.15, 0.2) is 41.8 Å². The van der Waals surface area contributed by atoms with Gasteiger partial charge in [0.1, 0.15) is 0 Å². The fourth-order valence-corrected chi connectivity index (χ4v) is 2.66. The Labute approximate surface area is 102 Å². The molecular formula is C13H18N2S. The second-order valence-electron chi connectivity index (χ2n) is 4.09. The van der Waals surface area contributed by atoms with Crippen molar-refractivity contribution in [2.45, 2.75) is 11.3 Å². The Morgan fingerprint density at radius 3 is 3.00 bits per heavy atom. The summed E-state index contributed by atoms with van der Waals surface area (Å²) in [5.74, 6) is 1.54. The highest BCUT2D eigenvalue weighted by Crippen LogP contribution is 2.39. The molecule has 1 aliphatic rings. The first-order valence-electron chi connectivity index (χ1n) is 5.64. The van der Waals surface area contributed by atoms with E-state index in [1.54, 1.807) is 11.9 Å². The van der Waals surface area contributed by atoms with E-state index in [4.69, 9.17) is 0 Å². The minimum absolute atomic E-state index is 0.743. The predicted octanol–water partition coefficient (Wildman–Crippen LogP) is 3.15. The molecule has 1 aromatic rings. The minimum Gasteiger partial charge on any atom is -0.387 e. The monoisotopic (exact) mass is 234 g/mol. The van der Waals surface area contributed by atoms with Crippen LogP contribution in [0.25, 0.3) is 0 Å². The summed E-state index contributed by atoms with van der Waals surface area (Å²) in [4.78, 5) is 1.25. The zero-order valence-electron chi connectivity index (χ0n) is 9.57. The SMILES string of the molecule is C=CC1CC1CNSc1ccccc1NC. The number of hydrogen-bond acceptors (Lipinski definition) is 3. The lowest BCUT2D eigenvalue weighted by molar-refractivity contribution is 0.763. The molecule has 0 heterocycles. The van der Waals surface area contributed by atoms with Gasteiger partial charge < -0.3 is 5.32 Å². The number of benzene rings is 1. The van der Waals surface area contributed by atoms with Crippen LogP contribution in [0, 0.1) is 11.8 Å². The van der Waals surface area contributed by atoms with Crippen LogP contribution in [0.2, 0.25) is 0 Å². The van der Waals surface area contributed by atoms with Gasteiger partial charge >= 0.3 is 0 Å². The number of anilines is 1. The molecule has 16 heavy (non-hydrogen) atoms. The summed E-state index contributed by atoms with van der Waals surface area (Å²) in [6, 6.07) is 8.33. The third-order valence-electron chi connectivity index (χ3n) is 2.96. The summed E-state index contributed by atoms with van der Waals surface area (Å²) < 4.78 is 3.43. The van der Waals surface area contributed by atoms with Crippen molar-refractivity contribution < 1.29 is 0 Å². The summed E-state index contributed by atoms with van der Waals surface area (Å²) in [7, 11) is 1.95. The van der Waals surface area contributed by atoms with Crippen molar-refractivity contribution in [3.05, 3.63) is 36.9 Å². The van der Waals surface area contributed by atoms with Gasteiger partial charge in [-0.05, 0) is 42.3 Å². The zero-order valence-corrected chi connectivity index (χ0v) is 10.4. The summed E-state index contributed by atoms with van der Waals surface area (Å²) in [6.45, 7) is 4.89. The maximum absolute atomic E-state index is 3.82. The number of allylic oxidation sites excluding steroid dienone is 1. The lowest BCUT2D eigenvalue weighted by Gasteiger charge is -2.08. The van der Waals surface area contributed by atoms with Gasteiger partial charge in [0.05, 0.1) is 0 Å². The minimum atomic E-state index is 0.743. The van der Waals surface area contributed by atoms with Gasteiger partial charge in [-0.2, -0.15) is 0 Å². The Bertz CT molecular complexity index is 365. The highest BCUT2D eigenvalue weighted by Gasteiger charge is 2.33. The van der Waals surface area contributed by atoms with Gasteiger partial charge in [-0.25, -0.2) is 0 Å². The number of nitrogens with one attached hydrogen (secondary N) is 2. The second-order valence-corrected chi connectivity index (χ2v) is 5.02. The van der Waals surface area contributed by atoms with Gasteiger partial charge in [0, 0.05) is 24.2 Å². The highest BCUT2D eigenvalue weighted by molar-refractivity contribution is 7.97. The summed E-state index contributed by atoms with van der Waals surface area (Å²) in [5, 5.41) is 3.19. The largest absolute Gasteiger partial charge is 0.387 e. The number of para-hydroxylation sites is 1. The Balaban J connectivity index is 1.78. The average Bonchev–Trinajstić information content (AvgIpc) is 3.08. The molecule has 0 amide bonds. The summed E-state index contributed by atoms with van der Waals surface area (Å²) >= 11 is 1.71. The van der Waals surface area contributed by atoms with E-state index in [0.717, 1.165) is 18.4 Å². The van der Waals surface area contributed by atoms with E-state index in [1.165, 1.54) is 17.0 Å². The second kappa shape index (κ2) is 5.41. The van der Waals surface area contributed by atoms with E-state index in [-0.39, 0.29) is 0 Å². The van der Waals surface area contributed by atoms with E-state index in [0.29, 0.717) is 0 Å². The first kappa shape index (κ1) is 11.6.